The standard InChI is InChI=1S/C14H15N3O/c1-16-11-5-2-9(3-6-11)14-17-12-8-10(15)4-7-13(12)18-14/h2-3,5-6,8,16H,4,7,15H2,1H3. The monoisotopic (exact) mass is 241 g/mol. The lowest BCUT2D eigenvalue weighted by Gasteiger charge is -2.05. The third-order valence-corrected chi connectivity index (χ3v) is 3.11. The molecule has 0 radical (unpaired) electrons. The van der Waals surface area contributed by atoms with E-state index in [4.69, 9.17) is 10.2 Å². The fourth-order valence-electron chi connectivity index (χ4n) is 2.06. The van der Waals surface area contributed by atoms with Crippen LogP contribution < -0.4 is 11.1 Å². The van der Waals surface area contributed by atoms with Crippen molar-refractivity contribution < 1.29 is 4.42 Å². The molecule has 0 fully saturated rings. The lowest BCUT2D eigenvalue weighted by atomic mass is 10.1. The van der Waals surface area contributed by atoms with Crippen LogP contribution in [0.5, 0.6) is 0 Å². The van der Waals surface area contributed by atoms with E-state index in [0.29, 0.717) is 5.89 Å². The smallest absolute Gasteiger partial charge is 0.226 e. The molecule has 18 heavy (non-hydrogen) atoms. The minimum Gasteiger partial charge on any atom is -0.441 e. The number of hydrogen-bond acceptors (Lipinski definition) is 4. The highest BCUT2D eigenvalue weighted by molar-refractivity contribution is 5.62. The van der Waals surface area contributed by atoms with E-state index >= 15 is 0 Å². The van der Waals surface area contributed by atoms with E-state index < -0.39 is 0 Å². The van der Waals surface area contributed by atoms with Crippen molar-refractivity contribution in [1.29, 1.82) is 0 Å². The second-order valence-corrected chi connectivity index (χ2v) is 4.37. The number of oxazole rings is 1. The summed E-state index contributed by atoms with van der Waals surface area (Å²) in [4.78, 5) is 4.48. The first kappa shape index (κ1) is 10.9. The van der Waals surface area contributed by atoms with Gasteiger partial charge in [0.15, 0.2) is 0 Å². The Morgan fingerprint density at radius 3 is 2.72 bits per heavy atom. The molecule has 1 aliphatic rings. The number of fused-ring (bicyclic) bond motifs is 1. The van der Waals surface area contributed by atoms with Gasteiger partial charge in [0.2, 0.25) is 5.89 Å². The summed E-state index contributed by atoms with van der Waals surface area (Å²) in [6.45, 7) is 0. The van der Waals surface area contributed by atoms with Crippen molar-refractivity contribution in [3.8, 4) is 11.5 Å². The second-order valence-electron chi connectivity index (χ2n) is 4.37. The van der Waals surface area contributed by atoms with Crippen LogP contribution in [0.15, 0.2) is 34.4 Å². The van der Waals surface area contributed by atoms with Crippen LogP contribution in [0.25, 0.3) is 17.5 Å². The average molecular weight is 241 g/mol. The Labute approximate surface area is 106 Å². The average Bonchev–Trinajstić information content (AvgIpc) is 2.81. The van der Waals surface area contributed by atoms with Crippen molar-refractivity contribution in [2.75, 3.05) is 12.4 Å². The summed E-state index contributed by atoms with van der Waals surface area (Å²) in [5.41, 5.74) is 9.59. The van der Waals surface area contributed by atoms with Gasteiger partial charge in [0.1, 0.15) is 11.5 Å². The number of nitrogens with zero attached hydrogens (tertiary/aromatic N) is 1. The minimum atomic E-state index is 0.661. The van der Waals surface area contributed by atoms with Gasteiger partial charge in [0.25, 0.3) is 0 Å². The molecule has 1 aromatic heterocycles. The maximum absolute atomic E-state index is 5.81. The van der Waals surface area contributed by atoms with Crippen molar-refractivity contribution in [1.82, 2.24) is 4.98 Å². The normalized spacial score (nSPS) is 13.9. The topological polar surface area (TPSA) is 64.1 Å². The molecule has 1 aromatic carbocycles. The van der Waals surface area contributed by atoms with E-state index in [2.05, 4.69) is 10.3 Å². The van der Waals surface area contributed by atoms with Gasteiger partial charge < -0.3 is 15.5 Å². The molecule has 0 aliphatic heterocycles. The Morgan fingerprint density at radius 1 is 1.22 bits per heavy atom. The number of hydrogen-bond donors (Lipinski definition) is 2. The molecule has 0 atom stereocenters. The predicted molar refractivity (Wildman–Crippen MR) is 72.0 cm³/mol. The van der Waals surface area contributed by atoms with Gasteiger partial charge in [0.05, 0.1) is 0 Å². The first-order valence-corrected chi connectivity index (χ1v) is 6.00. The molecule has 1 heterocycles. The Bertz CT molecular complexity index is 596. The van der Waals surface area contributed by atoms with E-state index in [1.807, 2.05) is 37.4 Å². The highest BCUT2D eigenvalue weighted by Gasteiger charge is 2.16. The van der Waals surface area contributed by atoms with Crippen LogP contribution in [-0.4, -0.2) is 12.0 Å². The maximum Gasteiger partial charge on any atom is 0.226 e. The number of nitrogens with one attached hydrogen (secondary N) is 1. The van der Waals surface area contributed by atoms with E-state index in [1.165, 1.54) is 0 Å². The van der Waals surface area contributed by atoms with Crippen LogP contribution in [-0.2, 0) is 6.42 Å². The quantitative estimate of drug-likeness (QED) is 0.848. The molecule has 92 valence electrons. The Morgan fingerprint density at radius 2 is 2.00 bits per heavy atom. The van der Waals surface area contributed by atoms with Gasteiger partial charge in [-0.1, -0.05) is 0 Å². The molecule has 0 saturated carbocycles. The molecule has 0 unspecified atom stereocenters. The van der Waals surface area contributed by atoms with Crippen molar-refractivity contribution in [2.24, 2.45) is 5.73 Å². The lowest BCUT2D eigenvalue weighted by Crippen LogP contribution is -2.04. The molecule has 0 amide bonds. The van der Waals surface area contributed by atoms with Gasteiger partial charge in [-0.3, -0.25) is 0 Å². The zero-order valence-electron chi connectivity index (χ0n) is 10.2. The minimum absolute atomic E-state index is 0.661. The van der Waals surface area contributed by atoms with Crippen LogP contribution in [0.4, 0.5) is 5.69 Å². The van der Waals surface area contributed by atoms with E-state index in [-0.39, 0.29) is 0 Å². The van der Waals surface area contributed by atoms with E-state index in [1.54, 1.807) is 0 Å². The van der Waals surface area contributed by atoms with Gasteiger partial charge in [0, 0.05) is 30.4 Å². The molecule has 4 nitrogen and oxygen atoms in total. The molecule has 0 bridgehead atoms. The fourth-order valence-corrected chi connectivity index (χ4v) is 2.06. The van der Waals surface area contributed by atoms with Crippen LogP contribution >= 0.6 is 0 Å². The molecule has 3 rings (SSSR count). The van der Waals surface area contributed by atoms with Crippen LogP contribution in [0.3, 0.4) is 0 Å². The first-order chi connectivity index (χ1) is 8.76. The predicted octanol–water partition coefficient (Wildman–Crippen LogP) is 2.63. The number of anilines is 1. The SMILES string of the molecule is CNc1ccc(-c2nc3c(o2)CCC(N)=C3)cc1. The zero-order chi connectivity index (χ0) is 12.5. The Hall–Kier alpha value is -2.23. The van der Waals surface area contributed by atoms with Gasteiger partial charge in [-0.25, -0.2) is 4.98 Å². The third kappa shape index (κ3) is 1.86. The number of aryl methyl sites for hydroxylation is 1. The van der Waals surface area contributed by atoms with Crippen LogP contribution in [0.1, 0.15) is 17.9 Å². The van der Waals surface area contributed by atoms with Crippen molar-refractivity contribution in [3.05, 3.63) is 41.4 Å². The molecule has 3 N–H and O–H groups in total. The Balaban J connectivity index is 1.97. The second kappa shape index (κ2) is 4.22. The summed E-state index contributed by atoms with van der Waals surface area (Å²) in [7, 11) is 1.90. The summed E-state index contributed by atoms with van der Waals surface area (Å²) >= 11 is 0. The van der Waals surface area contributed by atoms with Gasteiger partial charge in [-0.2, -0.15) is 0 Å². The van der Waals surface area contributed by atoms with Crippen LogP contribution in [0, 0.1) is 0 Å². The molecule has 0 saturated heterocycles. The molecule has 2 aromatic rings. The van der Waals surface area contributed by atoms with Crippen molar-refractivity contribution in [2.45, 2.75) is 12.8 Å². The lowest BCUT2D eigenvalue weighted by molar-refractivity contribution is 0.513. The number of rotatable bonds is 2. The highest BCUT2D eigenvalue weighted by atomic mass is 16.4. The van der Waals surface area contributed by atoms with Gasteiger partial charge >= 0.3 is 0 Å². The van der Waals surface area contributed by atoms with Crippen molar-refractivity contribution >= 4 is 11.8 Å². The molecular formula is C14H15N3O. The fraction of sp³-hybridized carbons (Fsp3) is 0.214. The Kier molecular flexibility index (Phi) is 2.55. The first-order valence-electron chi connectivity index (χ1n) is 6.00. The summed E-state index contributed by atoms with van der Waals surface area (Å²) in [6.07, 6.45) is 3.58. The summed E-state index contributed by atoms with van der Waals surface area (Å²) < 4.78 is 5.78. The number of nitrogens with two attached hydrogens (primary N) is 1. The van der Waals surface area contributed by atoms with Crippen LogP contribution in [0.2, 0.25) is 0 Å². The highest BCUT2D eigenvalue weighted by Crippen LogP contribution is 2.28. The number of allylic oxidation sites excluding steroid dienone is 1. The van der Waals surface area contributed by atoms with Gasteiger partial charge in [-0.05, 0) is 36.8 Å². The maximum atomic E-state index is 5.81. The zero-order valence-corrected chi connectivity index (χ0v) is 10.2. The number of aromatic nitrogens is 1. The molecular weight excluding hydrogens is 226 g/mol. The molecule has 4 heteroatoms. The largest absolute Gasteiger partial charge is 0.441 e. The molecule has 1 aliphatic carbocycles. The number of benzene rings is 1. The third-order valence-electron chi connectivity index (χ3n) is 3.11. The summed E-state index contributed by atoms with van der Waals surface area (Å²) in [6, 6.07) is 8.00. The van der Waals surface area contributed by atoms with Crippen molar-refractivity contribution in [3.63, 3.8) is 0 Å². The van der Waals surface area contributed by atoms with E-state index in [0.717, 1.165) is 41.2 Å². The molecule has 0 spiro atoms. The summed E-state index contributed by atoms with van der Waals surface area (Å²) in [5.74, 6) is 1.59. The van der Waals surface area contributed by atoms with E-state index in [9.17, 15) is 0 Å². The van der Waals surface area contributed by atoms with Gasteiger partial charge in [-0.15, -0.1) is 0 Å². The summed E-state index contributed by atoms with van der Waals surface area (Å²) in [5, 5.41) is 3.08.